The molecule has 0 radical (unpaired) electrons. The van der Waals surface area contributed by atoms with Crippen LogP contribution < -0.4 is 4.90 Å². The Morgan fingerprint density at radius 2 is 1.72 bits per heavy atom. The molecule has 98 valence electrons. The van der Waals surface area contributed by atoms with Crippen molar-refractivity contribution in [2.24, 2.45) is 0 Å². The van der Waals surface area contributed by atoms with E-state index in [-0.39, 0.29) is 5.97 Å². The highest BCUT2D eigenvalue weighted by molar-refractivity contribution is 5.87. The van der Waals surface area contributed by atoms with E-state index >= 15 is 0 Å². The van der Waals surface area contributed by atoms with Gasteiger partial charge in [-0.05, 0) is 44.5 Å². The second-order valence-electron chi connectivity index (χ2n) is 5.35. The molecule has 0 aliphatic heterocycles. The summed E-state index contributed by atoms with van der Waals surface area (Å²) in [4.78, 5) is 13.5. The maximum Gasteiger partial charge on any atom is 0.331 e. The quantitative estimate of drug-likeness (QED) is 0.607. The molecule has 0 amide bonds. The van der Waals surface area contributed by atoms with Gasteiger partial charge in [0.1, 0.15) is 5.60 Å². The Balaban J connectivity index is 2.65. The third-order valence-corrected chi connectivity index (χ3v) is 2.23. The number of ether oxygens (including phenoxy) is 1. The third kappa shape index (κ3) is 5.04. The van der Waals surface area contributed by atoms with Crippen LogP contribution in [0.3, 0.4) is 0 Å². The number of rotatable bonds is 3. The molecular weight excluding hydrogens is 226 g/mol. The van der Waals surface area contributed by atoms with Crippen molar-refractivity contribution in [1.82, 2.24) is 0 Å². The molecule has 0 bridgehead atoms. The van der Waals surface area contributed by atoms with Crippen LogP contribution in [-0.4, -0.2) is 25.7 Å². The van der Waals surface area contributed by atoms with Crippen LogP contribution >= 0.6 is 0 Å². The number of anilines is 1. The molecule has 1 aromatic carbocycles. The highest BCUT2D eigenvalue weighted by Crippen LogP contribution is 2.13. The lowest BCUT2D eigenvalue weighted by Gasteiger charge is -2.17. The average molecular weight is 247 g/mol. The van der Waals surface area contributed by atoms with Gasteiger partial charge >= 0.3 is 5.97 Å². The lowest BCUT2D eigenvalue weighted by atomic mass is 10.2. The molecule has 0 fully saturated rings. The summed E-state index contributed by atoms with van der Waals surface area (Å²) in [6.45, 7) is 5.56. The van der Waals surface area contributed by atoms with E-state index in [9.17, 15) is 4.79 Å². The van der Waals surface area contributed by atoms with E-state index in [0.29, 0.717) is 0 Å². The Kier molecular flexibility index (Phi) is 4.54. The number of carbonyl (C=O) groups excluding carboxylic acids is 1. The van der Waals surface area contributed by atoms with Crippen molar-refractivity contribution >= 4 is 17.7 Å². The third-order valence-electron chi connectivity index (χ3n) is 2.23. The highest BCUT2D eigenvalue weighted by Gasteiger charge is 2.13. The minimum absolute atomic E-state index is 0.320. The van der Waals surface area contributed by atoms with Gasteiger partial charge in [-0.15, -0.1) is 0 Å². The first-order chi connectivity index (χ1) is 8.28. The zero-order valence-corrected chi connectivity index (χ0v) is 11.7. The maximum absolute atomic E-state index is 11.5. The van der Waals surface area contributed by atoms with Crippen molar-refractivity contribution in [3.63, 3.8) is 0 Å². The van der Waals surface area contributed by atoms with Gasteiger partial charge in [0.25, 0.3) is 0 Å². The fraction of sp³-hybridized carbons (Fsp3) is 0.400. The van der Waals surface area contributed by atoms with Crippen LogP contribution in [0.1, 0.15) is 26.3 Å². The monoisotopic (exact) mass is 247 g/mol. The Hall–Kier alpha value is -1.77. The van der Waals surface area contributed by atoms with Gasteiger partial charge < -0.3 is 9.64 Å². The zero-order valence-electron chi connectivity index (χ0n) is 11.7. The van der Waals surface area contributed by atoms with Gasteiger partial charge in [0, 0.05) is 25.9 Å². The van der Waals surface area contributed by atoms with Gasteiger partial charge in [0.15, 0.2) is 0 Å². The van der Waals surface area contributed by atoms with E-state index in [4.69, 9.17) is 4.74 Å². The topological polar surface area (TPSA) is 29.5 Å². The molecule has 0 N–H and O–H groups in total. The lowest BCUT2D eigenvalue weighted by molar-refractivity contribution is -0.148. The fourth-order valence-corrected chi connectivity index (χ4v) is 1.38. The average Bonchev–Trinajstić information content (AvgIpc) is 2.24. The summed E-state index contributed by atoms with van der Waals surface area (Å²) in [6, 6.07) is 7.95. The molecule has 0 atom stereocenters. The van der Waals surface area contributed by atoms with Crippen LogP contribution in [-0.2, 0) is 9.53 Å². The highest BCUT2D eigenvalue weighted by atomic mass is 16.6. The molecule has 0 aliphatic rings. The van der Waals surface area contributed by atoms with Crippen LogP contribution in [0.5, 0.6) is 0 Å². The fourth-order valence-electron chi connectivity index (χ4n) is 1.38. The number of esters is 1. The molecule has 0 saturated heterocycles. The van der Waals surface area contributed by atoms with E-state index in [0.717, 1.165) is 11.3 Å². The van der Waals surface area contributed by atoms with Crippen molar-refractivity contribution < 1.29 is 9.53 Å². The van der Waals surface area contributed by atoms with E-state index in [2.05, 4.69) is 0 Å². The Morgan fingerprint density at radius 3 is 2.17 bits per heavy atom. The maximum atomic E-state index is 11.5. The largest absolute Gasteiger partial charge is 0.457 e. The molecule has 0 spiro atoms. The van der Waals surface area contributed by atoms with E-state index in [1.165, 1.54) is 6.08 Å². The van der Waals surface area contributed by atoms with Crippen molar-refractivity contribution in [2.45, 2.75) is 26.4 Å². The number of hydrogen-bond donors (Lipinski definition) is 0. The second kappa shape index (κ2) is 5.71. The summed E-state index contributed by atoms with van der Waals surface area (Å²) in [5, 5.41) is 0. The SMILES string of the molecule is CN(C)c1ccc(/C=C/C(=O)OC(C)(C)C)cc1. The minimum Gasteiger partial charge on any atom is -0.457 e. The summed E-state index contributed by atoms with van der Waals surface area (Å²) in [5.74, 6) is -0.320. The first-order valence-corrected chi connectivity index (χ1v) is 5.96. The predicted octanol–water partition coefficient (Wildman–Crippen LogP) is 3.11. The van der Waals surface area contributed by atoms with Crippen LogP contribution in [0.25, 0.3) is 6.08 Å². The lowest BCUT2D eigenvalue weighted by Crippen LogP contribution is -2.22. The molecule has 0 heterocycles. The molecular formula is C15H21NO2. The van der Waals surface area contributed by atoms with Gasteiger partial charge in [-0.1, -0.05) is 12.1 Å². The van der Waals surface area contributed by atoms with Crippen molar-refractivity contribution in [2.75, 3.05) is 19.0 Å². The number of benzene rings is 1. The Labute approximate surface area is 109 Å². The summed E-state index contributed by atoms with van der Waals surface area (Å²) >= 11 is 0. The van der Waals surface area contributed by atoms with Crippen LogP contribution in [0.15, 0.2) is 30.3 Å². The molecule has 3 nitrogen and oxygen atoms in total. The summed E-state index contributed by atoms with van der Waals surface area (Å²) in [6.07, 6.45) is 3.21. The molecule has 0 saturated carbocycles. The number of carbonyl (C=O) groups is 1. The van der Waals surface area contributed by atoms with E-state index < -0.39 is 5.60 Å². The van der Waals surface area contributed by atoms with Gasteiger partial charge in [-0.2, -0.15) is 0 Å². The minimum atomic E-state index is -0.448. The van der Waals surface area contributed by atoms with E-state index in [1.807, 2.05) is 64.0 Å². The van der Waals surface area contributed by atoms with Crippen LogP contribution in [0.4, 0.5) is 5.69 Å². The zero-order chi connectivity index (χ0) is 13.8. The van der Waals surface area contributed by atoms with Crippen LogP contribution in [0.2, 0.25) is 0 Å². The molecule has 0 unspecified atom stereocenters. The normalized spacial score (nSPS) is 11.6. The van der Waals surface area contributed by atoms with Crippen LogP contribution in [0, 0.1) is 0 Å². The molecule has 1 rings (SSSR count). The van der Waals surface area contributed by atoms with E-state index in [1.54, 1.807) is 6.08 Å². The number of hydrogen-bond acceptors (Lipinski definition) is 3. The van der Waals surface area contributed by atoms with Gasteiger partial charge in [0.05, 0.1) is 0 Å². The standard InChI is InChI=1S/C15H21NO2/c1-15(2,3)18-14(17)11-8-12-6-9-13(10-7-12)16(4)5/h6-11H,1-5H3/b11-8+. The Morgan fingerprint density at radius 1 is 1.17 bits per heavy atom. The Bertz CT molecular complexity index is 425. The number of nitrogens with zero attached hydrogens (tertiary/aromatic N) is 1. The van der Waals surface area contributed by atoms with Gasteiger partial charge in [-0.25, -0.2) is 4.79 Å². The second-order valence-corrected chi connectivity index (χ2v) is 5.35. The predicted molar refractivity (Wildman–Crippen MR) is 75.6 cm³/mol. The molecule has 18 heavy (non-hydrogen) atoms. The van der Waals surface area contributed by atoms with Crippen molar-refractivity contribution in [3.8, 4) is 0 Å². The molecule has 0 aromatic heterocycles. The molecule has 3 heteroatoms. The summed E-state index contributed by atoms with van der Waals surface area (Å²) < 4.78 is 5.19. The van der Waals surface area contributed by atoms with Crippen molar-refractivity contribution in [1.29, 1.82) is 0 Å². The first kappa shape index (κ1) is 14.3. The smallest absolute Gasteiger partial charge is 0.331 e. The first-order valence-electron chi connectivity index (χ1n) is 5.96. The summed E-state index contributed by atoms with van der Waals surface area (Å²) in [5.41, 5.74) is 1.66. The molecule has 1 aromatic rings. The molecule has 0 aliphatic carbocycles. The van der Waals surface area contributed by atoms with Gasteiger partial charge in [-0.3, -0.25) is 0 Å². The van der Waals surface area contributed by atoms with Crippen molar-refractivity contribution in [3.05, 3.63) is 35.9 Å². The van der Waals surface area contributed by atoms with Gasteiger partial charge in [0.2, 0.25) is 0 Å². The summed E-state index contributed by atoms with van der Waals surface area (Å²) in [7, 11) is 3.98.